The van der Waals surface area contributed by atoms with Gasteiger partial charge in [0.05, 0.1) is 46.0 Å². The van der Waals surface area contributed by atoms with Crippen LogP contribution < -0.4 is 0 Å². The van der Waals surface area contributed by atoms with Crippen molar-refractivity contribution < 1.29 is 260 Å². The summed E-state index contributed by atoms with van der Waals surface area (Å²) >= 11 is 0. The van der Waals surface area contributed by atoms with Crippen LogP contribution in [0.15, 0.2) is 54.6 Å². The second kappa shape index (κ2) is 46.5. The minimum absolute atomic E-state index is 0.0217. The van der Waals surface area contributed by atoms with Crippen LogP contribution >= 0.6 is 0 Å². The number of carbonyl (C=O) groups is 9. The molecule has 0 aromatic heterocycles. The normalized spacial score (nSPS) is 27.0. The summed E-state index contributed by atoms with van der Waals surface area (Å²) in [5.41, 5.74) is -1.80. The second-order valence-corrected chi connectivity index (χ2v) is 48.4. The molecule has 10 saturated carbocycles. The monoisotopic (exact) mass is 2250 g/mol. The number of allylic oxidation sites excluding steroid dienone is 4. The first kappa shape index (κ1) is 124. The lowest BCUT2D eigenvalue weighted by atomic mass is 9.49. The zero-order valence-corrected chi connectivity index (χ0v) is 81.1. The Bertz CT molecular complexity index is 5770. The number of halogens is 16. The van der Waals surface area contributed by atoms with Gasteiger partial charge in [-0.25, -0.2) is 72.1 Å². The Balaban J connectivity index is 0.000000252. The maximum atomic E-state index is 13.1. The molecule has 11 fully saturated rings. The molecule has 12 aliphatic carbocycles. The van der Waals surface area contributed by atoms with Crippen molar-refractivity contribution in [3.05, 3.63) is 60.2 Å². The van der Waals surface area contributed by atoms with Crippen LogP contribution in [-0.4, -0.2) is 258 Å². The highest BCUT2D eigenvalue weighted by Gasteiger charge is 2.66. The Hall–Kier alpha value is -7.91. The molecule has 1 aromatic rings. The van der Waals surface area contributed by atoms with Crippen molar-refractivity contribution in [3.8, 4) is 0 Å². The number of rotatable bonds is 30. The highest BCUT2D eigenvalue weighted by atomic mass is 32.3. The van der Waals surface area contributed by atoms with Gasteiger partial charge in [0.25, 0.3) is 0 Å². The number of benzene rings is 1. The Kier molecular flexibility index (Phi) is 40.2. The maximum absolute atomic E-state index is 13.1. The van der Waals surface area contributed by atoms with Crippen LogP contribution in [0.5, 0.6) is 0 Å². The van der Waals surface area contributed by atoms with Gasteiger partial charge in [0.2, 0.25) is 0 Å². The van der Waals surface area contributed by atoms with Crippen molar-refractivity contribution in [2.45, 2.75) is 198 Å². The fourth-order valence-electron chi connectivity index (χ4n) is 18.6. The summed E-state index contributed by atoms with van der Waals surface area (Å²) in [6, 6.07) is 7.13. The van der Waals surface area contributed by atoms with Crippen LogP contribution in [0.1, 0.15) is 160 Å². The molecule has 0 spiro atoms. The summed E-state index contributed by atoms with van der Waals surface area (Å²) in [5.74, 6) is -7.57. The van der Waals surface area contributed by atoms with Crippen molar-refractivity contribution in [2.24, 2.45) is 106 Å². The average molecular weight is 2250 g/mol. The maximum Gasteiger partial charge on any atom is 0.367 e. The molecule has 1 aliphatic heterocycles. The van der Waals surface area contributed by atoms with Crippen LogP contribution in [-0.2, 0) is 162 Å². The van der Waals surface area contributed by atoms with E-state index in [2.05, 4.69) is 50.0 Å². The zero-order chi connectivity index (χ0) is 109. The fraction of sp³-hybridized carbons (Fsp3) is 0.753. The summed E-state index contributed by atoms with van der Waals surface area (Å²) in [5, 5.41) is -36.7. The molecule has 0 radical (unpaired) electrons. The molecule has 13 aliphatic rings. The lowest BCUT2D eigenvalue weighted by Crippen LogP contribution is -2.51. The van der Waals surface area contributed by atoms with Gasteiger partial charge < -0.3 is 79.1 Å². The van der Waals surface area contributed by atoms with E-state index in [-0.39, 0.29) is 29.4 Å². The van der Waals surface area contributed by atoms with Crippen molar-refractivity contribution in [3.63, 3.8) is 0 Å². The van der Waals surface area contributed by atoms with Crippen LogP contribution in [0.3, 0.4) is 0 Å². The van der Waals surface area contributed by atoms with Crippen LogP contribution in [0.25, 0.3) is 0 Å². The van der Waals surface area contributed by atoms with Crippen LogP contribution in [0.2, 0.25) is 0 Å². The summed E-state index contributed by atoms with van der Waals surface area (Å²) in [7, 11) is -46.5. The van der Waals surface area contributed by atoms with Crippen molar-refractivity contribution >= 4 is 135 Å². The van der Waals surface area contributed by atoms with Crippen molar-refractivity contribution in [2.75, 3.05) is 52.9 Å². The number of ether oxygens (including phenoxy) is 9. The highest BCUT2D eigenvalue weighted by molar-refractivity contribution is 7.88. The summed E-state index contributed by atoms with van der Waals surface area (Å²) in [6.07, 6.45) is 21.8. The molecule has 14 rings (SSSR count). The van der Waals surface area contributed by atoms with E-state index < -0.39 is 270 Å². The minimum atomic E-state index is -5.91. The second-order valence-electron chi connectivity index (χ2n) is 36.3. The topological polar surface area (TPSA) is 694 Å². The summed E-state index contributed by atoms with van der Waals surface area (Å²) in [6.45, 7) is -8.91. The van der Waals surface area contributed by atoms with Crippen LogP contribution in [0.4, 0.5) is 70.2 Å². The Morgan fingerprint density at radius 3 is 1.15 bits per heavy atom. The van der Waals surface area contributed by atoms with Gasteiger partial charge in [-0.1, -0.05) is 61.8 Å². The largest absolute Gasteiger partial charge is 0.743 e. The highest BCUT2D eigenvalue weighted by Crippen LogP contribution is 2.67. The van der Waals surface area contributed by atoms with Gasteiger partial charge in [0.15, 0.2) is 134 Å². The van der Waals surface area contributed by atoms with E-state index in [1.165, 1.54) is 45.0 Å². The lowest BCUT2D eigenvalue weighted by Gasteiger charge is -2.55. The van der Waals surface area contributed by atoms with Gasteiger partial charge in [-0.2, -0.15) is 70.2 Å². The molecule has 42 nitrogen and oxygen atoms in total. The van der Waals surface area contributed by atoms with Crippen molar-refractivity contribution in [1.29, 1.82) is 0 Å². The minimum Gasteiger partial charge on any atom is -0.743 e. The first-order valence-corrected chi connectivity index (χ1v) is 53.5. The molecule has 0 amide bonds. The predicted molar refractivity (Wildman–Crippen MR) is 430 cm³/mol. The number of esters is 9. The standard InChI is InChI=1S/C15H18F2O5S.C13H18F2O5S.C11H12F2O7S.C9H14F2O5S.C9H12F2O5S.C9H8F2O5S.C7H12F2O5S.C4H6F2O5S/c16-15(17,23(19,20)21)6-22-14(18)11-5-9-4-10(11)13-8-2-1-7(3-8)12(9)13;14-13(15,21(17,18)19)7-20-11(16)12-4-8-1-9(5-12)3-10(2-8)6-12;12-11(13,21(16,17)18)3-19-9(14)7-4-1-5-6(2-4)20-10(15)8(5)7;3*10-9(11,17(13,14)15)6-16-8(12)7-4-2-1-3-5-7;1-6(2,3)5(10)14-4-7(8,9)15(11,12)13;1-3(7)11-2-4(5,6)12(8,9)10/h1-2,7-13H,3-6H2,(H,19,20,21);8-10H,1-7H2,(H,17,18,19);4-8H,1-3H2,(H,16,17,18);7H,1-6H2,(H,13,14,15);1-2,7H,3-6H2,(H,13,14,15);1-5H,6H2,(H,13,14,15);4H2,1-3H3,(H,11,12,13);2H2,1H3,(H,8,9,10)/p-8. The van der Waals surface area contributed by atoms with E-state index in [1.807, 2.05) is 6.08 Å². The molecule has 10 bridgehead atoms. The van der Waals surface area contributed by atoms with Gasteiger partial charge in [0, 0.05) is 12.8 Å². The van der Waals surface area contributed by atoms with E-state index in [4.69, 9.17) is 4.74 Å². The third-order valence-corrected chi connectivity index (χ3v) is 31.8. The first-order valence-electron chi connectivity index (χ1n) is 42.2. The van der Waals surface area contributed by atoms with Crippen molar-refractivity contribution in [1.82, 2.24) is 0 Å². The van der Waals surface area contributed by atoms with E-state index in [1.54, 1.807) is 12.1 Å². The van der Waals surface area contributed by atoms with Gasteiger partial charge in [-0.05, 0) is 195 Å². The van der Waals surface area contributed by atoms with Gasteiger partial charge in [0.1, 0.15) is 6.10 Å². The zero-order valence-electron chi connectivity index (χ0n) is 74.6. The summed E-state index contributed by atoms with van der Waals surface area (Å²) in [4.78, 5) is 103. The Morgan fingerprint density at radius 1 is 0.392 bits per heavy atom. The van der Waals surface area contributed by atoms with E-state index in [9.17, 15) is 217 Å². The molecule has 0 N–H and O–H groups in total. The molecule has 13 unspecified atom stereocenters. The predicted octanol–water partition coefficient (Wildman–Crippen LogP) is 7.17. The number of alkyl halides is 16. The van der Waals surface area contributed by atoms with E-state index >= 15 is 0 Å². The molecule has 13 atom stereocenters. The third kappa shape index (κ3) is 32.6. The third-order valence-electron chi connectivity index (χ3n) is 25.0. The molecule has 143 heavy (non-hydrogen) atoms. The van der Waals surface area contributed by atoms with E-state index in [0.717, 1.165) is 58.3 Å². The molecule has 66 heteroatoms. The SMILES string of the molecule is CC(=O)OCC(F)(F)S(=O)(=O)[O-].CC(C)(C)C(=O)OCC(F)(F)S(=O)(=O)[O-].O=C(OCC(F)(F)S(=O)(=O)[O-])C12CC3CC(CC(C3)C1)C2.O=C(OCC(F)(F)S(=O)(=O)[O-])C1C2CC3OC(=O)C1C3C2.O=C(OCC(F)(F)S(=O)(=O)[O-])C1CC2CC1C1C3C=CC(C3)C21.O=C(OCC(F)(F)S(=O)(=O)[O-])C1CC=CCC1.O=C(OCC(F)(F)S(=O)(=O)[O-])C1CCCCC1.O=C(OCC(F)(F)S(=O)(=O)[O-])c1ccccc1. The molecule has 1 heterocycles. The Morgan fingerprint density at radius 2 is 0.755 bits per heavy atom. The fourth-order valence-corrected chi connectivity index (χ4v) is 20.2. The van der Waals surface area contributed by atoms with Crippen LogP contribution in [0, 0.1) is 106 Å². The summed E-state index contributed by atoms with van der Waals surface area (Å²) < 4.78 is 486. The number of fused-ring (bicyclic) bond motifs is 10. The quantitative estimate of drug-likeness (QED) is 0.0184. The molecular weight excluding hydrogens is 2160 g/mol. The van der Waals surface area contributed by atoms with E-state index in [0.29, 0.717) is 118 Å². The molecular formula is C77H92F16O42S8-8. The lowest BCUT2D eigenvalue weighted by molar-refractivity contribution is -0.177. The first-order chi connectivity index (χ1) is 64.7. The Labute approximate surface area is 806 Å². The van der Waals surface area contributed by atoms with Gasteiger partial charge in [-0.15, -0.1) is 0 Å². The number of carbonyl (C=O) groups excluding carboxylic acids is 9. The smallest absolute Gasteiger partial charge is 0.367 e. The number of hydrogen-bond donors (Lipinski definition) is 0. The van der Waals surface area contributed by atoms with Gasteiger partial charge >= 0.3 is 95.8 Å². The molecule has 1 saturated heterocycles. The average Bonchev–Trinajstić information content (AvgIpc) is 1.55. The molecule has 1 aromatic carbocycles. The molecule has 820 valence electrons. The van der Waals surface area contributed by atoms with Gasteiger partial charge in [-0.3, -0.25) is 38.4 Å². The number of hydrogen-bond acceptors (Lipinski definition) is 42.